The second-order valence-corrected chi connectivity index (χ2v) is 5.65. The molecule has 0 amide bonds. The van der Waals surface area contributed by atoms with Crippen LogP contribution in [0.2, 0.25) is 0 Å². The van der Waals surface area contributed by atoms with E-state index in [0.717, 1.165) is 18.4 Å². The Morgan fingerprint density at radius 1 is 0.952 bits per heavy atom. The first-order chi connectivity index (χ1) is 10.1. The summed E-state index contributed by atoms with van der Waals surface area (Å²) in [5, 5.41) is 3.35. The molecule has 2 unspecified atom stereocenters. The molecular formula is C19H24FN. The summed E-state index contributed by atoms with van der Waals surface area (Å²) in [6.07, 6.45) is 2.02. The Kier molecular flexibility index (Phi) is 5.51. The van der Waals surface area contributed by atoms with E-state index in [-0.39, 0.29) is 11.9 Å². The summed E-state index contributed by atoms with van der Waals surface area (Å²) >= 11 is 0. The van der Waals surface area contributed by atoms with Gasteiger partial charge in [0.25, 0.3) is 0 Å². The van der Waals surface area contributed by atoms with Crippen LogP contribution < -0.4 is 5.32 Å². The van der Waals surface area contributed by atoms with E-state index >= 15 is 0 Å². The molecule has 0 aromatic heterocycles. The lowest BCUT2D eigenvalue weighted by atomic mass is 9.94. The molecule has 2 aromatic carbocycles. The molecule has 2 aromatic rings. The van der Waals surface area contributed by atoms with Crippen LogP contribution in [0.4, 0.5) is 4.39 Å². The fraction of sp³-hybridized carbons (Fsp3) is 0.368. The van der Waals surface area contributed by atoms with E-state index < -0.39 is 0 Å². The summed E-state index contributed by atoms with van der Waals surface area (Å²) in [4.78, 5) is 0. The quantitative estimate of drug-likeness (QED) is 0.800. The van der Waals surface area contributed by atoms with Gasteiger partial charge in [-0.2, -0.15) is 0 Å². The largest absolute Gasteiger partial charge is 0.313 e. The van der Waals surface area contributed by atoms with Crippen molar-refractivity contribution in [2.75, 3.05) is 7.05 Å². The Morgan fingerprint density at radius 3 is 2.05 bits per heavy atom. The van der Waals surface area contributed by atoms with Crippen LogP contribution >= 0.6 is 0 Å². The molecule has 0 spiro atoms. The summed E-state index contributed by atoms with van der Waals surface area (Å²) in [7, 11) is 1.97. The van der Waals surface area contributed by atoms with Crippen LogP contribution in [0.25, 0.3) is 0 Å². The average molecular weight is 285 g/mol. The number of nitrogens with one attached hydrogen (secondary N) is 1. The van der Waals surface area contributed by atoms with Gasteiger partial charge in [-0.05, 0) is 54.6 Å². The van der Waals surface area contributed by atoms with E-state index in [4.69, 9.17) is 0 Å². The van der Waals surface area contributed by atoms with E-state index in [1.807, 2.05) is 19.2 Å². The highest BCUT2D eigenvalue weighted by Gasteiger charge is 2.11. The van der Waals surface area contributed by atoms with Crippen LogP contribution in [-0.2, 0) is 6.42 Å². The molecule has 0 aliphatic rings. The number of likely N-dealkylation sites (N-methyl/N-ethyl adjacent to an activating group) is 1. The van der Waals surface area contributed by atoms with Gasteiger partial charge in [0, 0.05) is 6.04 Å². The van der Waals surface area contributed by atoms with Gasteiger partial charge in [0.05, 0.1) is 0 Å². The second-order valence-electron chi connectivity index (χ2n) is 5.65. The van der Waals surface area contributed by atoms with Crippen LogP contribution in [-0.4, -0.2) is 7.05 Å². The summed E-state index contributed by atoms with van der Waals surface area (Å²) in [5.41, 5.74) is 3.80. The molecule has 0 aliphatic carbocycles. The fourth-order valence-corrected chi connectivity index (χ4v) is 2.54. The molecule has 1 N–H and O–H groups in total. The van der Waals surface area contributed by atoms with Gasteiger partial charge >= 0.3 is 0 Å². The number of rotatable bonds is 6. The highest BCUT2D eigenvalue weighted by atomic mass is 19.1. The van der Waals surface area contributed by atoms with Crippen molar-refractivity contribution in [1.82, 2.24) is 5.32 Å². The molecule has 2 atom stereocenters. The third-order valence-electron chi connectivity index (χ3n) is 4.22. The standard InChI is InChI=1S/C19H24FN/c1-4-14(2)16-7-9-17(10-8-16)19(21-3)13-15-5-11-18(20)12-6-15/h5-12,14,19,21H,4,13H2,1-3H3. The van der Waals surface area contributed by atoms with Crippen molar-refractivity contribution in [2.45, 2.75) is 38.6 Å². The molecule has 0 bridgehead atoms. The van der Waals surface area contributed by atoms with Gasteiger partial charge in [-0.15, -0.1) is 0 Å². The van der Waals surface area contributed by atoms with Crippen LogP contribution in [0.1, 0.15) is 48.9 Å². The van der Waals surface area contributed by atoms with Gasteiger partial charge in [0.2, 0.25) is 0 Å². The van der Waals surface area contributed by atoms with Gasteiger partial charge in [0.1, 0.15) is 5.82 Å². The lowest BCUT2D eigenvalue weighted by Crippen LogP contribution is -2.18. The molecule has 2 heteroatoms. The maximum atomic E-state index is 13.0. The topological polar surface area (TPSA) is 12.0 Å². The van der Waals surface area contributed by atoms with Crippen molar-refractivity contribution in [3.8, 4) is 0 Å². The third kappa shape index (κ3) is 4.15. The van der Waals surface area contributed by atoms with E-state index in [0.29, 0.717) is 5.92 Å². The molecule has 0 fully saturated rings. The lowest BCUT2D eigenvalue weighted by Gasteiger charge is -2.18. The minimum absolute atomic E-state index is 0.183. The van der Waals surface area contributed by atoms with Gasteiger partial charge in [0.15, 0.2) is 0 Å². The van der Waals surface area contributed by atoms with Crippen molar-refractivity contribution in [3.63, 3.8) is 0 Å². The Balaban J connectivity index is 2.11. The number of hydrogen-bond acceptors (Lipinski definition) is 1. The van der Waals surface area contributed by atoms with Crippen LogP contribution in [0, 0.1) is 5.82 Å². The van der Waals surface area contributed by atoms with Crippen molar-refractivity contribution >= 4 is 0 Å². The van der Waals surface area contributed by atoms with Crippen LogP contribution in [0.5, 0.6) is 0 Å². The first-order valence-electron chi connectivity index (χ1n) is 7.65. The average Bonchev–Trinajstić information content (AvgIpc) is 2.54. The van der Waals surface area contributed by atoms with Gasteiger partial charge in [-0.1, -0.05) is 50.2 Å². The van der Waals surface area contributed by atoms with Gasteiger partial charge < -0.3 is 5.32 Å². The molecule has 1 nitrogen and oxygen atoms in total. The highest BCUT2D eigenvalue weighted by Crippen LogP contribution is 2.23. The van der Waals surface area contributed by atoms with Gasteiger partial charge in [-0.3, -0.25) is 0 Å². The first-order valence-corrected chi connectivity index (χ1v) is 7.65. The minimum atomic E-state index is -0.183. The van der Waals surface area contributed by atoms with Crippen molar-refractivity contribution in [2.24, 2.45) is 0 Å². The third-order valence-corrected chi connectivity index (χ3v) is 4.22. The minimum Gasteiger partial charge on any atom is -0.313 e. The molecule has 2 rings (SSSR count). The Morgan fingerprint density at radius 2 is 1.52 bits per heavy atom. The monoisotopic (exact) mass is 285 g/mol. The van der Waals surface area contributed by atoms with E-state index in [1.165, 1.54) is 23.3 Å². The summed E-state index contributed by atoms with van der Waals surface area (Å²) in [6.45, 7) is 4.46. The van der Waals surface area contributed by atoms with E-state index in [9.17, 15) is 4.39 Å². The molecule has 0 radical (unpaired) electrons. The van der Waals surface area contributed by atoms with Crippen molar-refractivity contribution < 1.29 is 4.39 Å². The lowest BCUT2D eigenvalue weighted by molar-refractivity contribution is 0.588. The molecule has 0 saturated carbocycles. The fourth-order valence-electron chi connectivity index (χ4n) is 2.54. The maximum absolute atomic E-state index is 13.0. The number of benzene rings is 2. The Bertz CT molecular complexity index is 545. The highest BCUT2D eigenvalue weighted by molar-refractivity contribution is 5.29. The van der Waals surface area contributed by atoms with E-state index in [2.05, 4.69) is 43.4 Å². The number of halogens is 1. The number of hydrogen-bond donors (Lipinski definition) is 1. The molecule has 0 saturated heterocycles. The second kappa shape index (κ2) is 7.37. The van der Waals surface area contributed by atoms with E-state index in [1.54, 1.807) is 0 Å². The molecule has 112 valence electrons. The first kappa shape index (κ1) is 15.7. The predicted octanol–water partition coefficient (Wildman–Crippen LogP) is 4.84. The zero-order chi connectivity index (χ0) is 15.2. The molecular weight excluding hydrogens is 261 g/mol. The summed E-state index contributed by atoms with van der Waals surface area (Å²) < 4.78 is 13.0. The van der Waals surface area contributed by atoms with Crippen LogP contribution in [0.15, 0.2) is 48.5 Å². The Labute approximate surface area is 127 Å². The van der Waals surface area contributed by atoms with Gasteiger partial charge in [-0.25, -0.2) is 4.39 Å². The molecule has 0 heterocycles. The summed E-state index contributed by atoms with van der Waals surface area (Å²) in [6, 6.07) is 15.8. The molecule has 0 aliphatic heterocycles. The summed E-state index contributed by atoms with van der Waals surface area (Å²) in [5.74, 6) is 0.418. The maximum Gasteiger partial charge on any atom is 0.123 e. The normalized spacial score (nSPS) is 13.9. The zero-order valence-corrected chi connectivity index (χ0v) is 13.1. The van der Waals surface area contributed by atoms with Crippen molar-refractivity contribution in [1.29, 1.82) is 0 Å². The smallest absolute Gasteiger partial charge is 0.123 e. The SMILES string of the molecule is CCC(C)c1ccc(C(Cc2ccc(F)cc2)NC)cc1. The predicted molar refractivity (Wildman–Crippen MR) is 87.1 cm³/mol. The van der Waals surface area contributed by atoms with Crippen LogP contribution in [0.3, 0.4) is 0 Å². The van der Waals surface area contributed by atoms with Crippen molar-refractivity contribution in [3.05, 3.63) is 71.0 Å². The Hall–Kier alpha value is -1.67. The zero-order valence-electron chi connectivity index (χ0n) is 13.1. The molecule has 21 heavy (non-hydrogen) atoms.